The third-order valence-electron chi connectivity index (χ3n) is 7.63. The molecule has 148 valence electrons. The number of hydrogen-bond donors (Lipinski definition) is 0. The summed E-state index contributed by atoms with van der Waals surface area (Å²) in [5.41, 5.74) is 1.84. The van der Waals surface area contributed by atoms with Crippen molar-refractivity contribution in [3.63, 3.8) is 0 Å². The molecular formula is C22H32N2O3. The van der Waals surface area contributed by atoms with Gasteiger partial charge in [-0.05, 0) is 68.8 Å². The van der Waals surface area contributed by atoms with Crippen molar-refractivity contribution in [2.45, 2.75) is 50.0 Å². The zero-order valence-corrected chi connectivity index (χ0v) is 17.1. The quantitative estimate of drug-likeness (QED) is 0.818. The van der Waals surface area contributed by atoms with Gasteiger partial charge in [0, 0.05) is 31.5 Å². The van der Waals surface area contributed by atoms with Crippen molar-refractivity contribution >= 4 is 5.91 Å². The minimum absolute atomic E-state index is 0.180. The Balaban J connectivity index is 1.66. The normalized spacial score (nSPS) is 34.0. The van der Waals surface area contributed by atoms with Crippen molar-refractivity contribution in [3.8, 4) is 11.5 Å². The minimum atomic E-state index is 0.180. The van der Waals surface area contributed by atoms with E-state index in [1.807, 2.05) is 11.9 Å². The van der Waals surface area contributed by atoms with E-state index in [0.717, 1.165) is 31.0 Å². The zero-order valence-electron chi connectivity index (χ0n) is 17.1. The predicted octanol–water partition coefficient (Wildman–Crippen LogP) is 3.07. The summed E-state index contributed by atoms with van der Waals surface area (Å²) in [4.78, 5) is 16.5. The maximum Gasteiger partial charge on any atom is 0.222 e. The number of ether oxygens (including phenoxy) is 2. The predicted molar refractivity (Wildman–Crippen MR) is 105 cm³/mol. The number of rotatable bonds is 3. The Bertz CT molecular complexity index is 736. The lowest BCUT2D eigenvalue weighted by molar-refractivity contribution is -0.137. The van der Waals surface area contributed by atoms with E-state index in [9.17, 15) is 4.79 Å². The first-order chi connectivity index (χ1) is 12.9. The smallest absolute Gasteiger partial charge is 0.222 e. The fraction of sp³-hybridized carbons (Fsp3) is 0.682. The molecule has 0 N–H and O–H groups in total. The lowest BCUT2D eigenvalue weighted by Crippen LogP contribution is -2.54. The summed E-state index contributed by atoms with van der Waals surface area (Å²) in [7, 11) is 7.64. The van der Waals surface area contributed by atoms with Crippen molar-refractivity contribution in [2.24, 2.45) is 5.41 Å². The Morgan fingerprint density at radius 2 is 1.81 bits per heavy atom. The van der Waals surface area contributed by atoms with Crippen LogP contribution in [0.3, 0.4) is 0 Å². The van der Waals surface area contributed by atoms with Gasteiger partial charge in [-0.3, -0.25) is 4.79 Å². The average Bonchev–Trinajstić information content (AvgIpc) is 3.01. The number of piperidine rings is 1. The highest BCUT2D eigenvalue weighted by Gasteiger charge is 2.55. The fourth-order valence-electron chi connectivity index (χ4n) is 5.99. The molecule has 1 aliphatic carbocycles. The molecule has 0 aromatic heterocycles. The monoisotopic (exact) mass is 372 g/mol. The van der Waals surface area contributed by atoms with Crippen LogP contribution in [0.1, 0.15) is 44.1 Å². The highest BCUT2D eigenvalue weighted by atomic mass is 16.5. The Kier molecular flexibility index (Phi) is 4.61. The van der Waals surface area contributed by atoms with Crippen molar-refractivity contribution in [1.29, 1.82) is 0 Å². The summed E-state index contributed by atoms with van der Waals surface area (Å²) >= 11 is 0. The standard InChI is InChI=1S/C22H32N2O3/c1-23-12-11-22(16-5-6-17(26-3)18(13-16)27-4)10-9-21(14-19(22)23)8-7-20(25)24(2)15-21/h5-6,13,19H,7-12,14-15H2,1-4H3. The molecule has 5 heteroatoms. The largest absolute Gasteiger partial charge is 0.493 e. The maximum atomic E-state index is 12.0. The van der Waals surface area contributed by atoms with Gasteiger partial charge >= 0.3 is 0 Å². The molecule has 5 nitrogen and oxygen atoms in total. The molecule has 2 saturated heterocycles. The number of hydrogen-bond acceptors (Lipinski definition) is 4. The van der Waals surface area contributed by atoms with E-state index >= 15 is 0 Å². The highest BCUT2D eigenvalue weighted by Crippen LogP contribution is 2.56. The Morgan fingerprint density at radius 1 is 1.04 bits per heavy atom. The van der Waals surface area contributed by atoms with Gasteiger partial charge in [0.2, 0.25) is 5.91 Å². The molecule has 1 aromatic rings. The second kappa shape index (κ2) is 6.69. The summed E-state index contributed by atoms with van der Waals surface area (Å²) in [6, 6.07) is 7.00. The van der Waals surface area contributed by atoms with Gasteiger partial charge in [0.25, 0.3) is 0 Å². The summed E-state index contributed by atoms with van der Waals surface area (Å²) in [5.74, 6) is 1.92. The molecule has 27 heavy (non-hydrogen) atoms. The Labute approximate surface area is 162 Å². The van der Waals surface area contributed by atoms with Crippen molar-refractivity contribution in [2.75, 3.05) is 41.4 Å². The van der Waals surface area contributed by atoms with Crippen molar-refractivity contribution in [3.05, 3.63) is 23.8 Å². The fourth-order valence-corrected chi connectivity index (χ4v) is 5.99. The zero-order chi connectivity index (χ0) is 19.2. The van der Waals surface area contributed by atoms with Gasteiger partial charge in [-0.1, -0.05) is 6.07 Å². The molecule has 1 saturated carbocycles. The first kappa shape index (κ1) is 18.6. The van der Waals surface area contributed by atoms with E-state index in [-0.39, 0.29) is 10.8 Å². The average molecular weight is 373 g/mol. The van der Waals surface area contributed by atoms with Crippen LogP contribution in [0.5, 0.6) is 11.5 Å². The summed E-state index contributed by atoms with van der Waals surface area (Å²) < 4.78 is 11.0. The van der Waals surface area contributed by atoms with Gasteiger partial charge in [-0.2, -0.15) is 0 Å². The Morgan fingerprint density at radius 3 is 2.52 bits per heavy atom. The van der Waals surface area contributed by atoms with Gasteiger partial charge in [-0.15, -0.1) is 0 Å². The molecule has 1 amide bonds. The van der Waals surface area contributed by atoms with Gasteiger partial charge in [0.1, 0.15) is 0 Å². The number of methoxy groups -OCH3 is 2. The van der Waals surface area contributed by atoms with E-state index in [1.54, 1.807) is 14.2 Å². The number of nitrogens with zero attached hydrogens (tertiary/aromatic N) is 2. The number of carbonyl (C=O) groups is 1. The molecule has 3 aliphatic rings. The van der Waals surface area contributed by atoms with Crippen LogP contribution in [0, 0.1) is 5.41 Å². The summed E-state index contributed by atoms with van der Waals surface area (Å²) in [5, 5.41) is 0. The topological polar surface area (TPSA) is 42.0 Å². The third kappa shape index (κ3) is 2.91. The molecule has 3 unspecified atom stereocenters. The molecule has 3 atom stereocenters. The van der Waals surface area contributed by atoms with E-state index in [0.29, 0.717) is 18.4 Å². The van der Waals surface area contributed by atoms with Crippen molar-refractivity contribution in [1.82, 2.24) is 9.80 Å². The lowest BCUT2D eigenvalue weighted by atomic mass is 9.57. The van der Waals surface area contributed by atoms with Crippen LogP contribution in [0.25, 0.3) is 0 Å². The number of likely N-dealkylation sites (tertiary alicyclic amines) is 2. The number of likely N-dealkylation sites (N-methyl/N-ethyl adjacent to an activating group) is 1. The second-order valence-electron chi connectivity index (χ2n) is 8.93. The SMILES string of the molecule is COc1ccc(C23CCN(C)C2CC2(CCC(=O)N(C)C2)CC3)cc1OC. The van der Waals surface area contributed by atoms with Gasteiger partial charge in [0.15, 0.2) is 11.5 Å². The molecule has 3 fully saturated rings. The lowest BCUT2D eigenvalue weighted by Gasteiger charge is -2.53. The molecule has 0 radical (unpaired) electrons. The number of fused-ring (bicyclic) bond motifs is 1. The van der Waals surface area contributed by atoms with Crippen LogP contribution in [0.15, 0.2) is 18.2 Å². The van der Waals surface area contributed by atoms with Crippen molar-refractivity contribution < 1.29 is 14.3 Å². The first-order valence-corrected chi connectivity index (χ1v) is 10.1. The summed E-state index contributed by atoms with van der Waals surface area (Å²) in [6.07, 6.45) is 6.49. The molecule has 0 bridgehead atoms. The number of benzene rings is 1. The van der Waals surface area contributed by atoms with E-state index in [2.05, 4.69) is 30.1 Å². The van der Waals surface area contributed by atoms with E-state index in [1.165, 1.54) is 31.2 Å². The molecule has 2 aliphatic heterocycles. The van der Waals surface area contributed by atoms with E-state index in [4.69, 9.17) is 9.47 Å². The van der Waals surface area contributed by atoms with E-state index < -0.39 is 0 Å². The number of carbonyl (C=O) groups excluding carboxylic acids is 1. The third-order valence-corrected chi connectivity index (χ3v) is 7.63. The highest BCUT2D eigenvalue weighted by molar-refractivity contribution is 5.76. The van der Waals surface area contributed by atoms with Gasteiger partial charge in [-0.25, -0.2) is 0 Å². The first-order valence-electron chi connectivity index (χ1n) is 10.1. The van der Waals surface area contributed by atoms with Crippen LogP contribution in [-0.2, 0) is 10.2 Å². The van der Waals surface area contributed by atoms with Crippen LogP contribution < -0.4 is 9.47 Å². The molecule has 1 spiro atoms. The molecule has 4 rings (SSSR count). The van der Waals surface area contributed by atoms with Crippen LogP contribution in [0.4, 0.5) is 0 Å². The van der Waals surface area contributed by atoms with Crippen LogP contribution in [0.2, 0.25) is 0 Å². The van der Waals surface area contributed by atoms with Gasteiger partial charge in [0.05, 0.1) is 14.2 Å². The summed E-state index contributed by atoms with van der Waals surface area (Å²) in [6.45, 7) is 2.04. The maximum absolute atomic E-state index is 12.0. The molecular weight excluding hydrogens is 340 g/mol. The Hall–Kier alpha value is -1.75. The minimum Gasteiger partial charge on any atom is -0.493 e. The van der Waals surface area contributed by atoms with Crippen LogP contribution in [-0.4, -0.2) is 63.2 Å². The number of amides is 1. The molecule has 1 aromatic carbocycles. The van der Waals surface area contributed by atoms with Crippen LogP contribution >= 0.6 is 0 Å². The second-order valence-corrected chi connectivity index (χ2v) is 8.93. The van der Waals surface area contributed by atoms with Gasteiger partial charge < -0.3 is 19.3 Å². The molecule has 2 heterocycles.